The molecule has 0 aliphatic carbocycles. The summed E-state index contributed by atoms with van der Waals surface area (Å²) in [5.41, 5.74) is 2.81. The second-order valence-corrected chi connectivity index (χ2v) is 7.97. The lowest BCUT2D eigenvalue weighted by Crippen LogP contribution is -2.21. The van der Waals surface area contributed by atoms with E-state index in [4.69, 9.17) is 11.6 Å². The van der Waals surface area contributed by atoms with E-state index in [-0.39, 0.29) is 11.8 Å². The summed E-state index contributed by atoms with van der Waals surface area (Å²) in [6.07, 6.45) is 1.52. The Kier molecular flexibility index (Phi) is 4.30. The first kappa shape index (κ1) is 17.8. The van der Waals surface area contributed by atoms with Crippen LogP contribution in [-0.2, 0) is 0 Å². The molecule has 1 aliphatic rings. The minimum Gasteiger partial charge on any atom is -0.340 e. The molecule has 0 spiro atoms. The topological polar surface area (TPSA) is 71.1 Å². The molecular weight excluding hydrogens is 406 g/mol. The van der Waals surface area contributed by atoms with Crippen molar-refractivity contribution < 1.29 is 9.59 Å². The minimum atomic E-state index is -0.477. The Bertz CT molecular complexity index is 1280. The standard InChI is InChI=1S/C22H14ClN3O2S/c23-15-7-3-1-6-13(15)19-18-16(9-10-24-20(18)22(28)26-19)25-21(27)14-11-29-17-8-4-2-5-12(14)17/h1-11,19H,(H,26,28)(H,24,25,27)/t19-/m1/s1. The van der Waals surface area contributed by atoms with Crippen LogP contribution in [0.1, 0.15) is 38.0 Å². The molecule has 0 saturated heterocycles. The molecule has 4 aromatic rings. The van der Waals surface area contributed by atoms with Gasteiger partial charge in [0.05, 0.1) is 17.3 Å². The maximum atomic E-state index is 13.0. The monoisotopic (exact) mass is 419 g/mol. The molecule has 0 saturated carbocycles. The predicted molar refractivity (Wildman–Crippen MR) is 115 cm³/mol. The van der Waals surface area contributed by atoms with Gasteiger partial charge in [-0.15, -0.1) is 11.3 Å². The van der Waals surface area contributed by atoms with Crippen LogP contribution >= 0.6 is 22.9 Å². The van der Waals surface area contributed by atoms with E-state index in [0.717, 1.165) is 15.6 Å². The third-order valence-electron chi connectivity index (χ3n) is 4.96. The van der Waals surface area contributed by atoms with E-state index in [2.05, 4.69) is 15.6 Å². The summed E-state index contributed by atoms with van der Waals surface area (Å²) in [6, 6.07) is 16.3. The number of hydrogen-bond acceptors (Lipinski definition) is 4. The van der Waals surface area contributed by atoms with Crippen LogP contribution in [-0.4, -0.2) is 16.8 Å². The van der Waals surface area contributed by atoms with Gasteiger partial charge in [-0.3, -0.25) is 14.6 Å². The van der Waals surface area contributed by atoms with Gasteiger partial charge in [-0.05, 0) is 23.8 Å². The lowest BCUT2D eigenvalue weighted by molar-refractivity contribution is 0.0955. The maximum Gasteiger partial charge on any atom is 0.271 e. The maximum absolute atomic E-state index is 13.0. The number of amides is 2. The van der Waals surface area contributed by atoms with Gasteiger partial charge in [0.2, 0.25) is 0 Å². The van der Waals surface area contributed by atoms with E-state index in [1.165, 1.54) is 17.5 Å². The number of hydrogen-bond donors (Lipinski definition) is 2. The third-order valence-corrected chi connectivity index (χ3v) is 6.27. The van der Waals surface area contributed by atoms with Crippen LogP contribution in [0.15, 0.2) is 66.2 Å². The first-order chi connectivity index (χ1) is 14.1. The number of carbonyl (C=O) groups excluding carboxylic acids is 2. The first-order valence-corrected chi connectivity index (χ1v) is 10.2. The molecular formula is C22H14ClN3O2S. The molecule has 5 nitrogen and oxygen atoms in total. The smallest absolute Gasteiger partial charge is 0.271 e. The van der Waals surface area contributed by atoms with E-state index in [0.29, 0.717) is 27.5 Å². The molecule has 0 bridgehead atoms. The molecule has 5 rings (SSSR count). The Balaban J connectivity index is 1.57. The average molecular weight is 420 g/mol. The van der Waals surface area contributed by atoms with Crippen molar-refractivity contribution in [3.8, 4) is 0 Å². The highest BCUT2D eigenvalue weighted by molar-refractivity contribution is 7.17. The van der Waals surface area contributed by atoms with Gasteiger partial charge in [0.25, 0.3) is 11.8 Å². The van der Waals surface area contributed by atoms with Crippen molar-refractivity contribution in [1.82, 2.24) is 10.3 Å². The highest BCUT2D eigenvalue weighted by Gasteiger charge is 2.35. The van der Waals surface area contributed by atoms with Crippen molar-refractivity contribution in [3.63, 3.8) is 0 Å². The van der Waals surface area contributed by atoms with E-state index < -0.39 is 6.04 Å². The number of fused-ring (bicyclic) bond motifs is 2. The molecule has 2 aromatic heterocycles. The summed E-state index contributed by atoms with van der Waals surface area (Å²) < 4.78 is 1.04. The molecule has 7 heteroatoms. The van der Waals surface area contributed by atoms with E-state index >= 15 is 0 Å². The quantitative estimate of drug-likeness (QED) is 0.489. The number of aromatic nitrogens is 1. The van der Waals surface area contributed by atoms with Crippen LogP contribution in [0.25, 0.3) is 10.1 Å². The highest BCUT2D eigenvalue weighted by atomic mass is 35.5. The van der Waals surface area contributed by atoms with Crippen molar-refractivity contribution >= 4 is 50.5 Å². The van der Waals surface area contributed by atoms with Gasteiger partial charge < -0.3 is 10.6 Å². The molecule has 29 heavy (non-hydrogen) atoms. The van der Waals surface area contributed by atoms with Crippen LogP contribution in [0, 0.1) is 0 Å². The van der Waals surface area contributed by atoms with Crippen molar-refractivity contribution in [1.29, 1.82) is 0 Å². The molecule has 0 unspecified atom stereocenters. The molecule has 142 valence electrons. The number of benzene rings is 2. The Morgan fingerprint density at radius 3 is 2.76 bits per heavy atom. The second kappa shape index (κ2) is 6.99. The Labute approximate surface area is 175 Å². The summed E-state index contributed by atoms with van der Waals surface area (Å²) in [5.74, 6) is -0.518. The largest absolute Gasteiger partial charge is 0.340 e. The van der Waals surface area contributed by atoms with Crippen molar-refractivity contribution in [2.75, 3.05) is 5.32 Å². The van der Waals surface area contributed by atoms with Gasteiger partial charge in [-0.25, -0.2) is 0 Å². The number of rotatable bonds is 3. The molecule has 0 radical (unpaired) electrons. The zero-order valence-electron chi connectivity index (χ0n) is 15.0. The number of halogens is 1. The minimum absolute atomic E-state index is 0.229. The van der Waals surface area contributed by atoms with E-state index in [1.807, 2.05) is 47.8 Å². The Hall–Kier alpha value is -3.22. The zero-order valence-corrected chi connectivity index (χ0v) is 16.6. The first-order valence-electron chi connectivity index (χ1n) is 8.95. The number of nitrogens with zero attached hydrogens (tertiary/aromatic N) is 1. The number of carbonyl (C=O) groups is 2. The molecule has 3 heterocycles. The number of anilines is 1. The van der Waals surface area contributed by atoms with Crippen LogP contribution in [0.5, 0.6) is 0 Å². The fourth-order valence-corrected chi connectivity index (χ4v) is 4.80. The highest BCUT2D eigenvalue weighted by Crippen LogP contribution is 2.38. The van der Waals surface area contributed by atoms with Crippen molar-refractivity contribution in [2.45, 2.75) is 6.04 Å². The predicted octanol–water partition coefficient (Wildman–Crippen LogP) is 5.03. The summed E-state index contributed by atoms with van der Waals surface area (Å²) in [7, 11) is 0. The van der Waals surface area contributed by atoms with Gasteiger partial charge in [-0.2, -0.15) is 0 Å². The summed E-state index contributed by atoms with van der Waals surface area (Å²) in [6.45, 7) is 0. The van der Waals surface area contributed by atoms with E-state index in [1.54, 1.807) is 12.1 Å². The second-order valence-electron chi connectivity index (χ2n) is 6.65. The van der Waals surface area contributed by atoms with Gasteiger partial charge in [0.1, 0.15) is 5.69 Å². The molecule has 0 fully saturated rings. The van der Waals surface area contributed by atoms with Gasteiger partial charge in [0.15, 0.2) is 0 Å². The van der Waals surface area contributed by atoms with Crippen molar-refractivity contribution in [2.24, 2.45) is 0 Å². The number of pyridine rings is 1. The van der Waals surface area contributed by atoms with Gasteiger partial charge in [-0.1, -0.05) is 48.0 Å². The fraction of sp³-hybridized carbons (Fsp3) is 0.0455. The molecule has 2 aromatic carbocycles. The summed E-state index contributed by atoms with van der Waals surface area (Å²) in [4.78, 5) is 29.7. The normalized spacial score (nSPS) is 15.2. The zero-order chi connectivity index (χ0) is 20.0. The SMILES string of the molecule is O=C1N[C@H](c2ccccc2Cl)c2c(NC(=O)c3csc4ccccc34)ccnc21. The average Bonchev–Trinajstić information content (AvgIpc) is 3.31. The molecule has 1 atom stereocenters. The fourth-order valence-electron chi connectivity index (χ4n) is 3.61. The van der Waals surface area contributed by atoms with Crippen LogP contribution < -0.4 is 10.6 Å². The molecule has 2 amide bonds. The third kappa shape index (κ3) is 2.97. The Morgan fingerprint density at radius 2 is 1.90 bits per heavy atom. The Morgan fingerprint density at radius 1 is 1.10 bits per heavy atom. The number of nitrogens with one attached hydrogen (secondary N) is 2. The lowest BCUT2D eigenvalue weighted by Gasteiger charge is -2.17. The lowest BCUT2D eigenvalue weighted by atomic mass is 9.99. The van der Waals surface area contributed by atoms with Crippen molar-refractivity contribution in [3.05, 3.63) is 93.6 Å². The number of thiophene rings is 1. The molecule has 2 N–H and O–H groups in total. The van der Waals surface area contributed by atoms with Gasteiger partial charge in [0, 0.05) is 32.2 Å². The van der Waals surface area contributed by atoms with Crippen LogP contribution in [0.2, 0.25) is 5.02 Å². The van der Waals surface area contributed by atoms with Crippen LogP contribution in [0.3, 0.4) is 0 Å². The van der Waals surface area contributed by atoms with Gasteiger partial charge >= 0.3 is 0 Å². The van der Waals surface area contributed by atoms with Crippen LogP contribution in [0.4, 0.5) is 5.69 Å². The molecule has 1 aliphatic heterocycles. The van der Waals surface area contributed by atoms with E-state index in [9.17, 15) is 9.59 Å². The summed E-state index contributed by atoms with van der Waals surface area (Å²) >= 11 is 7.89. The summed E-state index contributed by atoms with van der Waals surface area (Å²) in [5, 5.41) is 9.17.